The molecule has 0 bridgehead atoms. The molecule has 0 heterocycles. The number of carbonyl (C=O) groups excluding carboxylic acids is 1. The number of hydrogen-bond donors (Lipinski definition) is 0. The fourth-order valence-corrected chi connectivity index (χ4v) is 3.93. The molecular formula is C27H53N3O2. The van der Waals surface area contributed by atoms with Crippen LogP contribution in [-0.4, -0.2) is 64.1 Å². The van der Waals surface area contributed by atoms with E-state index in [9.17, 15) is 4.79 Å². The smallest absolute Gasteiger partial charge is 0.306 e. The van der Waals surface area contributed by atoms with E-state index in [2.05, 4.69) is 14.9 Å². The Balaban J connectivity index is 4.04. The van der Waals surface area contributed by atoms with Crippen molar-refractivity contribution in [1.82, 2.24) is 4.90 Å². The standard InChI is InChI=1S/C27H53N3O2/c1-28-23-17-13-9-5-7-11-15-20-26(32-27(31)22-19-25-30(3)4)21-16-12-8-6-10-14-18-24-29-2/h23-24,26H,5-22,25H2,1-4H3/b28-23-,29-24-. The molecule has 0 fully saturated rings. The molecule has 0 saturated carbocycles. The summed E-state index contributed by atoms with van der Waals surface area (Å²) in [6.45, 7) is 0.938. The van der Waals surface area contributed by atoms with Crippen molar-refractivity contribution in [3.63, 3.8) is 0 Å². The molecule has 0 rings (SSSR count). The van der Waals surface area contributed by atoms with Crippen molar-refractivity contribution in [2.24, 2.45) is 9.98 Å². The molecule has 0 atom stereocenters. The summed E-state index contributed by atoms with van der Waals surface area (Å²) in [4.78, 5) is 22.5. The van der Waals surface area contributed by atoms with Crippen LogP contribution in [0.1, 0.15) is 116 Å². The quantitative estimate of drug-likeness (QED) is 0.0966. The average Bonchev–Trinajstić information content (AvgIpc) is 2.76. The number of aliphatic imine (C=N–C) groups is 2. The van der Waals surface area contributed by atoms with E-state index < -0.39 is 0 Å². The Morgan fingerprint density at radius 1 is 0.719 bits per heavy atom. The van der Waals surface area contributed by atoms with E-state index >= 15 is 0 Å². The Morgan fingerprint density at radius 2 is 1.16 bits per heavy atom. The van der Waals surface area contributed by atoms with Crippen molar-refractivity contribution in [3.8, 4) is 0 Å². The first-order valence-corrected chi connectivity index (χ1v) is 13.3. The summed E-state index contributed by atoms with van der Waals surface area (Å²) in [5.41, 5.74) is 0. The van der Waals surface area contributed by atoms with Gasteiger partial charge in [0.1, 0.15) is 6.10 Å². The lowest BCUT2D eigenvalue weighted by atomic mass is 10.0. The third-order valence-electron chi connectivity index (χ3n) is 5.87. The summed E-state index contributed by atoms with van der Waals surface area (Å²) < 4.78 is 5.89. The van der Waals surface area contributed by atoms with Crippen LogP contribution in [0, 0.1) is 0 Å². The van der Waals surface area contributed by atoms with Crippen LogP contribution in [0.3, 0.4) is 0 Å². The molecule has 0 aromatic heterocycles. The van der Waals surface area contributed by atoms with Gasteiger partial charge in [-0.25, -0.2) is 0 Å². The van der Waals surface area contributed by atoms with Crippen molar-refractivity contribution in [3.05, 3.63) is 0 Å². The van der Waals surface area contributed by atoms with Gasteiger partial charge in [0, 0.05) is 20.5 Å². The Bertz CT molecular complexity index is 436. The number of carbonyl (C=O) groups is 1. The van der Waals surface area contributed by atoms with Crippen molar-refractivity contribution in [2.45, 2.75) is 122 Å². The van der Waals surface area contributed by atoms with Gasteiger partial charge in [0.2, 0.25) is 0 Å². The molecule has 0 spiro atoms. The Morgan fingerprint density at radius 3 is 1.59 bits per heavy atom. The summed E-state index contributed by atoms with van der Waals surface area (Å²) in [5, 5.41) is 0. The highest BCUT2D eigenvalue weighted by molar-refractivity contribution is 5.69. The molecule has 0 aromatic rings. The zero-order valence-corrected chi connectivity index (χ0v) is 21.8. The van der Waals surface area contributed by atoms with Gasteiger partial charge in [-0.3, -0.25) is 4.79 Å². The SMILES string of the molecule is C/N=C\CCCCCCCCC(CCCCCCCC/C=N\C)OC(=O)CCCN(C)C. The first-order valence-electron chi connectivity index (χ1n) is 13.3. The number of ether oxygens (including phenoxy) is 1. The van der Waals surface area contributed by atoms with Crippen LogP contribution in [0.15, 0.2) is 9.98 Å². The van der Waals surface area contributed by atoms with E-state index in [1.807, 2.05) is 40.6 Å². The van der Waals surface area contributed by atoms with Crippen LogP contribution >= 0.6 is 0 Å². The molecule has 0 aliphatic carbocycles. The van der Waals surface area contributed by atoms with Gasteiger partial charge in [-0.2, -0.15) is 0 Å². The van der Waals surface area contributed by atoms with Gasteiger partial charge in [-0.15, -0.1) is 0 Å². The third kappa shape index (κ3) is 23.4. The molecule has 0 N–H and O–H groups in total. The first-order chi connectivity index (χ1) is 15.6. The van der Waals surface area contributed by atoms with Gasteiger partial charge in [-0.05, 0) is 90.9 Å². The monoisotopic (exact) mass is 451 g/mol. The highest BCUT2D eigenvalue weighted by atomic mass is 16.5. The molecular weight excluding hydrogens is 398 g/mol. The predicted molar refractivity (Wildman–Crippen MR) is 140 cm³/mol. The fourth-order valence-electron chi connectivity index (χ4n) is 3.93. The fraction of sp³-hybridized carbons (Fsp3) is 0.889. The van der Waals surface area contributed by atoms with Crippen molar-refractivity contribution < 1.29 is 9.53 Å². The molecule has 32 heavy (non-hydrogen) atoms. The number of unbranched alkanes of at least 4 members (excludes halogenated alkanes) is 12. The van der Waals surface area contributed by atoms with Gasteiger partial charge in [0.25, 0.3) is 0 Å². The lowest BCUT2D eigenvalue weighted by molar-refractivity contribution is -0.150. The van der Waals surface area contributed by atoms with E-state index in [4.69, 9.17) is 4.74 Å². The lowest BCUT2D eigenvalue weighted by Gasteiger charge is -2.18. The van der Waals surface area contributed by atoms with Crippen LogP contribution in [0.2, 0.25) is 0 Å². The maximum atomic E-state index is 12.3. The first kappa shape index (κ1) is 30.8. The molecule has 5 heteroatoms. The number of esters is 1. The molecule has 0 amide bonds. The summed E-state index contributed by atoms with van der Waals surface area (Å²) in [6, 6.07) is 0. The van der Waals surface area contributed by atoms with E-state index in [1.54, 1.807) is 0 Å². The van der Waals surface area contributed by atoms with Crippen molar-refractivity contribution >= 4 is 18.4 Å². The topological polar surface area (TPSA) is 54.3 Å². The minimum Gasteiger partial charge on any atom is -0.462 e. The van der Waals surface area contributed by atoms with Crippen LogP contribution in [0.5, 0.6) is 0 Å². The lowest BCUT2D eigenvalue weighted by Crippen LogP contribution is -2.20. The number of hydrogen-bond acceptors (Lipinski definition) is 5. The normalized spacial score (nSPS) is 12.1. The van der Waals surface area contributed by atoms with Crippen LogP contribution in [0.25, 0.3) is 0 Å². The van der Waals surface area contributed by atoms with E-state index in [-0.39, 0.29) is 12.1 Å². The summed E-state index contributed by atoms with van der Waals surface area (Å²) in [7, 11) is 7.78. The van der Waals surface area contributed by atoms with E-state index in [0.29, 0.717) is 6.42 Å². The summed E-state index contributed by atoms with van der Waals surface area (Å²) >= 11 is 0. The minimum atomic E-state index is -0.00738. The van der Waals surface area contributed by atoms with Gasteiger partial charge in [0.15, 0.2) is 0 Å². The second kappa shape index (κ2) is 24.4. The molecule has 0 aliphatic heterocycles. The molecule has 188 valence electrons. The van der Waals surface area contributed by atoms with Gasteiger partial charge >= 0.3 is 5.97 Å². The molecule has 0 radical (unpaired) electrons. The van der Waals surface area contributed by atoms with Crippen molar-refractivity contribution in [1.29, 1.82) is 0 Å². The molecule has 0 unspecified atom stereocenters. The Kier molecular flexibility index (Phi) is 23.5. The highest BCUT2D eigenvalue weighted by Crippen LogP contribution is 2.18. The second-order valence-electron chi connectivity index (χ2n) is 9.30. The van der Waals surface area contributed by atoms with Crippen molar-refractivity contribution in [2.75, 3.05) is 34.7 Å². The zero-order valence-electron chi connectivity index (χ0n) is 21.8. The number of nitrogens with zero attached hydrogens (tertiary/aromatic N) is 3. The maximum absolute atomic E-state index is 12.3. The van der Waals surface area contributed by atoms with E-state index in [1.165, 1.54) is 77.0 Å². The summed E-state index contributed by atoms with van der Waals surface area (Å²) in [5.74, 6) is -0.00738. The molecule has 0 aromatic carbocycles. The van der Waals surface area contributed by atoms with Crippen LogP contribution in [0.4, 0.5) is 0 Å². The summed E-state index contributed by atoms with van der Waals surface area (Å²) in [6.07, 6.45) is 24.9. The van der Waals surface area contributed by atoms with Gasteiger partial charge in [-0.1, -0.05) is 51.4 Å². The molecule has 5 nitrogen and oxygen atoms in total. The molecule has 0 saturated heterocycles. The van der Waals surface area contributed by atoms with E-state index in [0.717, 1.165) is 38.6 Å². The maximum Gasteiger partial charge on any atom is 0.306 e. The van der Waals surface area contributed by atoms with Gasteiger partial charge < -0.3 is 19.6 Å². The van der Waals surface area contributed by atoms with Crippen LogP contribution in [-0.2, 0) is 9.53 Å². The largest absolute Gasteiger partial charge is 0.462 e. The molecule has 0 aliphatic rings. The average molecular weight is 452 g/mol. The Labute approximate surface area is 199 Å². The second-order valence-corrected chi connectivity index (χ2v) is 9.30. The predicted octanol–water partition coefficient (Wildman–Crippen LogP) is 6.88. The Hall–Kier alpha value is -1.23. The highest BCUT2D eigenvalue weighted by Gasteiger charge is 2.14. The van der Waals surface area contributed by atoms with Gasteiger partial charge in [0.05, 0.1) is 0 Å². The zero-order chi connectivity index (χ0) is 23.7. The minimum absolute atomic E-state index is 0.00738. The van der Waals surface area contributed by atoms with Crippen LogP contribution < -0.4 is 0 Å². The number of rotatable bonds is 23. The third-order valence-corrected chi connectivity index (χ3v) is 5.87.